The number of carbonyl (C=O) groups excluding carboxylic acids is 3. The van der Waals surface area contributed by atoms with Gasteiger partial charge in [-0.2, -0.15) is 0 Å². The quantitative estimate of drug-likeness (QED) is 0.0261. The Bertz CT molecular complexity index is 1360. The minimum absolute atomic E-state index is 0.0726. The van der Waals surface area contributed by atoms with Crippen molar-refractivity contribution in [2.24, 2.45) is 0 Å². The molecule has 0 heterocycles. The second kappa shape index (κ2) is 64.6. The highest BCUT2D eigenvalue weighted by Crippen LogP contribution is 2.18. The fraction of sp³-hybridized carbons (Fsp3) is 0.814. The first-order valence-corrected chi connectivity index (χ1v) is 33.3. The standard InChI is InChI=1S/C70H126O6/c1-4-7-10-13-16-19-22-25-27-29-31-32-33-34-35-36-37-38-40-41-43-45-48-51-54-57-60-63-69(72)75-66-67(65-74-68(71)62-59-56-53-50-47-24-21-18-15-12-9-6-3)76-70(73)64-61-58-55-52-49-46-44-42-39-30-28-26-23-20-17-14-11-8-5-2/h7,10,16,18-19,21,25,27,31-32,67H,4-6,8-9,11-15,17,20,22-24,26,28-30,33-66H2,1-3H3/b10-7-,19-16-,21-18-,27-25-,32-31-. The molecular formula is C70H126O6. The van der Waals surface area contributed by atoms with E-state index in [-0.39, 0.29) is 31.1 Å². The van der Waals surface area contributed by atoms with Gasteiger partial charge >= 0.3 is 17.9 Å². The van der Waals surface area contributed by atoms with Gasteiger partial charge in [-0.3, -0.25) is 14.4 Å². The van der Waals surface area contributed by atoms with Crippen molar-refractivity contribution in [3.63, 3.8) is 0 Å². The highest BCUT2D eigenvalue weighted by atomic mass is 16.6. The molecule has 0 aromatic heterocycles. The van der Waals surface area contributed by atoms with Gasteiger partial charge in [0.1, 0.15) is 13.2 Å². The maximum Gasteiger partial charge on any atom is 0.306 e. The van der Waals surface area contributed by atoms with E-state index >= 15 is 0 Å². The van der Waals surface area contributed by atoms with Gasteiger partial charge in [0.05, 0.1) is 0 Å². The Morgan fingerprint density at radius 3 is 0.842 bits per heavy atom. The Morgan fingerprint density at radius 2 is 0.513 bits per heavy atom. The van der Waals surface area contributed by atoms with Crippen molar-refractivity contribution >= 4 is 17.9 Å². The van der Waals surface area contributed by atoms with E-state index in [0.717, 1.165) is 89.9 Å². The molecule has 0 aromatic carbocycles. The second-order valence-electron chi connectivity index (χ2n) is 22.4. The first-order chi connectivity index (χ1) is 37.5. The van der Waals surface area contributed by atoms with E-state index in [1.54, 1.807) is 0 Å². The third-order valence-corrected chi connectivity index (χ3v) is 14.8. The molecule has 0 radical (unpaired) electrons. The molecule has 0 aliphatic carbocycles. The lowest BCUT2D eigenvalue weighted by atomic mass is 10.0. The average molecular weight is 1060 g/mol. The molecule has 0 amide bonds. The van der Waals surface area contributed by atoms with Crippen LogP contribution in [-0.2, 0) is 28.6 Å². The first-order valence-electron chi connectivity index (χ1n) is 33.3. The summed E-state index contributed by atoms with van der Waals surface area (Å²) in [6.45, 7) is 6.55. The van der Waals surface area contributed by atoms with Crippen LogP contribution in [0.3, 0.4) is 0 Å². The van der Waals surface area contributed by atoms with Crippen molar-refractivity contribution in [3.05, 3.63) is 60.8 Å². The molecule has 0 bridgehead atoms. The van der Waals surface area contributed by atoms with Crippen molar-refractivity contribution in [2.45, 2.75) is 354 Å². The van der Waals surface area contributed by atoms with Crippen molar-refractivity contribution < 1.29 is 28.6 Å². The van der Waals surface area contributed by atoms with Crippen LogP contribution in [-0.4, -0.2) is 37.2 Å². The zero-order valence-corrected chi connectivity index (χ0v) is 50.8. The minimum Gasteiger partial charge on any atom is -0.462 e. The predicted molar refractivity (Wildman–Crippen MR) is 330 cm³/mol. The molecule has 1 atom stereocenters. The number of hydrogen-bond donors (Lipinski definition) is 0. The minimum atomic E-state index is -0.775. The lowest BCUT2D eigenvalue weighted by Gasteiger charge is -2.18. The van der Waals surface area contributed by atoms with E-state index in [9.17, 15) is 14.4 Å². The Hall–Kier alpha value is -2.89. The number of esters is 3. The second-order valence-corrected chi connectivity index (χ2v) is 22.4. The fourth-order valence-electron chi connectivity index (χ4n) is 9.79. The molecule has 0 aliphatic rings. The van der Waals surface area contributed by atoms with Gasteiger partial charge in [0.25, 0.3) is 0 Å². The summed E-state index contributed by atoms with van der Waals surface area (Å²) in [5.74, 6) is -0.861. The molecule has 0 spiro atoms. The number of allylic oxidation sites excluding steroid dienone is 10. The SMILES string of the molecule is CC/C=C\C/C=C\C/C=C\C/C=C\CCCCCCCCCCCCCCCCC(=O)OCC(COC(=O)CCCCCCC/C=C\CCCCC)OC(=O)CCCCCCCCCCCCCCCCCCCCC. The van der Waals surface area contributed by atoms with Gasteiger partial charge in [-0.1, -0.05) is 306 Å². The zero-order chi connectivity index (χ0) is 55.0. The van der Waals surface area contributed by atoms with Gasteiger partial charge in [0, 0.05) is 19.3 Å². The summed E-state index contributed by atoms with van der Waals surface area (Å²) in [7, 11) is 0. The molecule has 0 fully saturated rings. The Kier molecular flexibility index (Phi) is 62.2. The van der Waals surface area contributed by atoms with E-state index in [1.807, 2.05) is 0 Å². The van der Waals surface area contributed by atoms with Crippen LogP contribution in [0, 0.1) is 0 Å². The smallest absolute Gasteiger partial charge is 0.306 e. The number of unbranched alkanes of at least 4 members (excludes halogenated alkanes) is 40. The van der Waals surface area contributed by atoms with Gasteiger partial charge in [-0.05, 0) is 83.5 Å². The first kappa shape index (κ1) is 73.1. The highest BCUT2D eigenvalue weighted by Gasteiger charge is 2.19. The molecule has 6 heteroatoms. The molecular weight excluding hydrogens is 937 g/mol. The van der Waals surface area contributed by atoms with Crippen molar-refractivity contribution in [2.75, 3.05) is 13.2 Å². The van der Waals surface area contributed by atoms with Gasteiger partial charge in [0.2, 0.25) is 0 Å². The summed E-state index contributed by atoms with van der Waals surface area (Å²) < 4.78 is 16.9. The maximum absolute atomic E-state index is 12.9. The zero-order valence-electron chi connectivity index (χ0n) is 50.8. The number of rotatable bonds is 61. The largest absolute Gasteiger partial charge is 0.462 e. The van der Waals surface area contributed by atoms with Gasteiger partial charge in [-0.25, -0.2) is 0 Å². The van der Waals surface area contributed by atoms with E-state index in [0.29, 0.717) is 19.3 Å². The number of hydrogen-bond acceptors (Lipinski definition) is 6. The molecule has 0 aromatic rings. The lowest BCUT2D eigenvalue weighted by Crippen LogP contribution is -2.30. The third kappa shape index (κ3) is 62.0. The summed E-state index contributed by atoms with van der Waals surface area (Å²) >= 11 is 0. The maximum atomic E-state index is 12.9. The van der Waals surface area contributed by atoms with E-state index in [4.69, 9.17) is 14.2 Å². The molecule has 0 N–H and O–H groups in total. The van der Waals surface area contributed by atoms with Crippen molar-refractivity contribution in [3.8, 4) is 0 Å². The molecule has 0 saturated heterocycles. The van der Waals surface area contributed by atoms with Crippen LogP contribution >= 0.6 is 0 Å². The van der Waals surface area contributed by atoms with E-state index in [1.165, 1.54) is 218 Å². The van der Waals surface area contributed by atoms with Crippen molar-refractivity contribution in [1.29, 1.82) is 0 Å². The van der Waals surface area contributed by atoms with Crippen molar-refractivity contribution in [1.82, 2.24) is 0 Å². The predicted octanol–water partition coefficient (Wildman–Crippen LogP) is 22.7. The molecule has 76 heavy (non-hydrogen) atoms. The molecule has 6 nitrogen and oxygen atoms in total. The normalized spacial score (nSPS) is 12.4. The average Bonchev–Trinajstić information content (AvgIpc) is 3.42. The summed E-state index contributed by atoms with van der Waals surface area (Å²) in [6.07, 6.45) is 82.4. The summed E-state index contributed by atoms with van der Waals surface area (Å²) in [6, 6.07) is 0. The lowest BCUT2D eigenvalue weighted by molar-refractivity contribution is -0.167. The van der Waals surface area contributed by atoms with E-state index < -0.39 is 6.10 Å². The van der Waals surface area contributed by atoms with Crippen LogP contribution in [0.1, 0.15) is 348 Å². The van der Waals surface area contributed by atoms with Gasteiger partial charge in [-0.15, -0.1) is 0 Å². The summed E-state index contributed by atoms with van der Waals surface area (Å²) in [5.41, 5.74) is 0. The van der Waals surface area contributed by atoms with Crippen LogP contribution in [0.5, 0.6) is 0 Å². The summed E-state index contributed by atoms with van der Waals surface area (Å²) in [4.78, 5) is 38.3. The number of ether oxygens (including phenoxy) is 3. The topological polar surface area (TPSA) is 78.9 Å². The fourth-order valence-corrected chi connectivity index (χ4v) is 9.79. The Morgan fingerprint density at radius 1 is 0.276 bits per heavy atom. The van der Waals surface area contributed by atoms with Crippen LogP contribution in [0.4, 0.5) is 0 Å². The molecule has 0 aliphatic heterocycles. The third-order valence-electron chi connectivity index (χ3n) is 14.8. The molecule has 1 unspecified atom stereocenters. The molecule has 0 rings (SSSR count). The monoisotopic (exact) mass is 1060 g/mol. The molecule has 0 saturated carbocycles. The van der Waals surface area contributed by atoms with Crippen LogP contribution in [0.2, 0.25) is 0 Å². The molecule has 442 valence electrons. The van der Waals surface area contributed by atoms with Gasteiger partial charge < -0.3 is 14.2 Å². The Balaban J connectivity index is 4.22. The summed E-state index contributed by atoms with van der Waals surface area (Å²) in [5, 5.41) is 0. The number of carbonyl (C=O) groups is 3. The van der Waals surface area contributed by atoms with Crippen LogP contribution in [0.15, 0.2) is 60.8 Å². The van der Waals surface area contributed by atoms with E-state index in [2.05, 4.69) is 81.5 Å². The van der Waals surface area contributed by atoms with Gasteiger partial charge in [0.15, 0.2) is 6.10 Å². The highest BCUT2D eigenvalue weighted by molar-refractivity contribution is 5.71. The Labute approximate surface area is 472 Å². The van der Waals surface area contributed by atoms with Crippen LogP contribution < -0.4 is 0 Å². The van der Waals surface area contributed by atoms with Crippen LogP contribution in [0.25, 0.3) is 0 Å².